The summed E-state index contributed by atoms with van der Waals surface area (Å²) in [5, 5.41) is 7.87. The van der Waals surface area contributed by atoms with Crippen LogP contribution in [-0.2, 0) is 16.6 Å². The zero-order valence-corrected chi connectivity index (χ0v) is 22.5. The first-order valence-electron chi connectivity index (χ1n) is 12.7. The van der Waals surface area contributed by atoms with Gasteiger partial charge in [-0.15, -0.1) is 0 Å². The summed E-state index contributed by atoms with van der Waals surface area (Å²) in [6, 6.07) is 18.4. The molecular weight excluding hydrogens is 518 g/mol. The Hall–Kier alpha value is -4.38. The Morgan fingerprint density at radius 1 is 1.00 bits per heavy atom. The van der Waals surface area contributed by atoms with Crippen LogP contribution in [0.15, 0.2) is 76.4 Å². The number of anilines is 3. The van der Waals surface area contributed by atoms with Gasteiger partial charge in [-0.05, 0) is 56.2 Å². The number of nitrogens with zero attached hydrogens (tertiary/aromatic N) is 3. The summed E-state index contributed by atoms with van der Waals surface area (Å²) in [7, 11) is -2.60. The maximum absolute atomic E-state index is 13.7. The molecule has 3 aromatic carbocycles. The predicted molar refractivity (Wildman–Crippen MR) is 151 cm³/mol. The van der Waals surface area contributed by atoms with Gasteiger partial charge in [-0.25, -0.2) is 13.1 Å². The van der Waals surface area contributed by atoms with Gasteiger partial charge in [0, 0.05) is 30.7 Å². The molecular formula is C28H29N5O5S. The third-order valence-electron chi connectivity index (χ3n) is 6.69. The van der Waals surface area contributed by atoms with Crippen molar-refractivity contribution in [2.24, 2.45) is 0 Å². The lowest BCUT2D eigenvalue weighted by molar-refractivity contribution is 0.102. The van der Waals surface area contributed by atoms with Gasteiger partial charge in [-0.1, -0.05) is 30.3 Å². The van der Waals surface area contributed by atoms with Crippen LogP contribution in [0.25, 0.3) is 10.8 Å². The van der Waals surface area contributed by atoms with Crippen molar-refractivity contribution in [3.63, 3.8) is 0 Å². The quantitative estimate of drug-likeness (QED) is 0.341. The molecule has 0 atom stereocenters. The number of aryl methyl sites for hydroxylation is 1. The van der Waals surface area contributed by atoms with E-state index in [1.54, 1.807) is 67.6 Å². The lowest BCUT2D eigenvalue weighted by atomic mass is 10.1. The maximum atomic E-state index is 13.7. The topological polar surface area (TPSA) is 123 Å². The first-order chi connectivity index (χ1) is 18.8. The molecule has 1 fully saturated rings. The molecule has 1 aromatic heterocycles. The Kier molecular flexibility index (Phi) is 7.25. The standard InChI is InChI=1S/C28H29N5O5S/c1-3-33-28(35)21-11-5-4-10-20(21)26(30-33)27(34)29-19-14-15-23(32-16-8-9-17-32)25(18-19)39(36,37)31-22-12-6-7-13-24(22)38-2/h4-7,10-15,18,31H,3,8-9,16-17H2,1-2H3,(H,29,34). The van der Waals surface area contributed by atoms with E-state index in [2.05, 4.69) is 15.1 Å². The molecule has 1 amide bonds. The van der Waals surface area contributed by atoms with E-state index in [0.717, 1.165) is 25.9 Å². The fourth-order valence-electron chi connectivity index (χ4n) is 4.76. The highest BCUT2D eigenvalue weighted by molar-refractivity contribution is 7.93. The van der Waals surface area contributed by atoms with Crippen LogP contribution in [-0.4, -0.2) is 44.3 Å². The molecule has 1 saturated heterocycles. The van der Waals surface area contributed by atoms with Crippen LogP contribution in [0.3, 0.4) is 0 Å². The van der Waals surface area contributed by atoms with Crippen molar-refractivity contribution in [1.29, 1.82) is 0 Å². The van der Waals surface area contributed by atoms with Crippen LogP contribution in [0.4, 0.5) is 17.1 Å². The normalized spacial score (nSPS) is 13.4. The van der Waals surface area contributed by atoms with E-state index in [1.807, 2.05) is 4.90 Å². The van der Waals surface area contributed by atoms with Gasteiger partial charge < -0.3 is 15.0 Å². The summed E-state index contributed by atoms with van der Waals surface area (Å²) in [6.45, 7) is 3.54. The summed E-state index contributed by atoms with van der Waals surface area (Å²) in [5.41, 5.74) is 0.932. The number of hydrogen-bond donors (Lipinski definition) is 2. The van der Waals surface area contributed by atoms with Crippen molar-refractivity contribution in [1.82, 2.24) is 9.78 Å². The maximum Gasteiger partial charge on any atom is 0.276 e. The number of benzene rings is 3. The van der Waals surface area contributed by atoms with Gasteiger partial charge in [0.15, 0.2) is 5.69 Å². The Labute approximate surface area is 226 Å². The van der Waals surface area contributed by atoms with Gasteiger partial charge in [0.05, 0.1) is 23.9 Å². The minimum Gasteiger partial charge on any atom is -0.495 e. The SMILES string of the molecule is CCn1nc(C(=O)Nc2ccc(N3CCCC3)c(S(=O)(=O)Nc3ccccc3OC)c2)c2ccccc2c1=O. The second kappa shape index (κ2) is 10.8. The summed E-state index contributed by atoms with van der Waals surface area (Å²) in [5.74, 6) is -0.166. The van der Waals surface area contributed by atoms with Crippen LogP contribution in [0.5, 0.6) is 5.75 Å². The summed E-state index contributed by atoms with van der Waals surface area (Å²) >= 11 is 0. The molecule has 10 nitrogen and oxygen atoms in total. The van der Waals surface area contributed by atoms with Gasteiger partial charge in [0.1, 0.15) is 10.6 Å². The highest BCUT2D eigenvalue weighted by atomic mass is 32.2. The number of methoxy groups -OCH3 is 1. The fourth-order valence-corrected chi connectivity index (χ4v) is 6.09. The second-order valence-corrected chi connectivity index (χ2v) is 10.8. The molecule has 2 N–H and O–H groups in total. The van der Waals surface area contributed by atoms with Gasteiger partial charge in [-0.3, -0.25) is 14.3 Å². The number of hydrogen-bond acceptors (Lipinski definition) is 7. The molecule has 0 bridgehead atoms. The van der Waals surface area contributed by atoms with Crippen molar-refractivity contribution in [3.8, 4) is 5.75 Å². The largest absolute Gasteiger partial charge is 0.495 e. The number of amides is 1. The monoisotopic (exact) mass is 547 g/mol. The molecule has 202 valence electrons. The van der Waals surface area contributed by atoms with Crippen LogP contribution >= 0.6 is 0 Å². The number of carbonyl (C=O) groups is 1. The molecule has 0 spiro atoms. The van der Waals surface area contributed by atoms with Gasteiger partial charge >= 0.3 is 0 Å². The highest BCUT2D eigenvalue weighted by Gasteiger charge is 2.26. The van der Waals surface area contributed by atoms with Crippen molar-refractivity contribution in [2.45, 2.75) is 31.2 Å². The molecule has 2 heterocycles. The van der Waals surface area contributed by atoms with E-state index in [-0.39, 0.29) is 21.8 Å². The Balaban J connectivity index is 1.54. The molecule has 11 heteroatoms. The van der Waals surface area contributed by atoms with Crippen molar-refractivity contribution in [3.05, 3.63) is 82.8 Å². The Morgan fingerprint density at radius 3 is 2.41 bits per heavy atom. The minimum absolute atomic E-state index is 0.0319. The smallest absolute Gasteiger partial charge is 0.276 e. The number of sulfonamides is 1. The van der Waals surface area contributed by atoms with E-state index < -0.39 is 15.9 Å². The predicted octanol–water partition coefficient (Wildman–Crippen LogP) is 4.08. The number of aromatic nitrogens is 2. The molecule has 0 aliphatic carbocycles. The molecule has 0 saturated carbocycles. The van der Waals surface area contributed by atoms with E-state index in [1.165, 1.54) is 17.9 Å². The summed E-state index contributed by atoms with van der Waals surface area (Å²) in [4.78, 5) is 28.1. The van der Waals surface area contributed by atoms with Gasteiger partial charge in [0.25, 0.3) is 21.5 Å². The van der Waals surface area contributed by atoms with Crippen LogP contribution in [0.1, 0.15) is 30.3 Å². The fraction of sp³-hybridized carbons (Fsp3) is 0.250. The average Bonchev–Trinajstić information content (AvgIpc) is 3.48. The molecule has 5 rings (SSSR count). The third-order valence-corrected chi connectivity index (χ3v) is 8.08. The third kappa shape index (κ3) is 5.17. The Morgan fingerprint density at radius 2 is 1.69 bits per heavy atom. The highest BCUT2D eigenvalue weighted by Crippen LogP contribution is 2.34. The van der Waals surface area contributed by atoms with E-state index >= 15 is 0 Å². The average molecular weight is 548 g/mol. The molecule has 39 heavy (non-hydrogen) atoms. The van der Waals surface area contributed by atoms with Gasteiger partial charge in [-0.2, -0.15) is 5.10 Å². The van der Waals surface area contributed by atoms with Gasteiger partial charge in [0.2, 0.25) is 0 Å². The van der Waals surface area contributed by atoms with Crippen LogP contribution < -0.4 is 25.2 Å². The molecule has 0 radical (unpaired) electrons. The van der Waals surface area contributed by atoms with E-state index in [0.29, 0.717) is 34.4 Å². The second-order valence-electron chi connectivity index (χ2n) is 9.15. The molecule has 0 unspecified atom stereocenters. The molecule has 1 aliphatic rings. The van der Waals surface area contributed by atoms with Crippen molar-refractivity contribution >= 4 is 43.8 Å². The first kappa shape index (κ1) is 26.2. The zero-order chi connectivity index (χ0) is 27.6. The zero-order valence-electron chi connectivity index (χ0n) is 21.7. The number of fused-ring (bicyclic) bond motifs is 1. The van der Waals surface area contributed by atoms with Crippen LogP contribution in [0, 0.1) is 0 Å². The Bertz CT molecular complexity index is 1710. The number of carbonyl (C=O) groups excluding carboxylic acids is 1. The minimum atomic E-state index is -4.07. The number of nitrogens with one attached hydrogen (secondary N) is 2. The first-order valence-corrected chi connectivity index (χ1v) is 14.2. The molecule has 4 aromatic rings. The lowest BCUT2D eigenvalue weighted by Gasteiger charge is -2.23. The summed E-state index contributed by atoms with van der Waals surface area (Å²) in [6.07, 6.45) is 1.92. The number of para-hydroxylation sites is 2. The number of ether oxygens (including phenoxy) is 1. The van der Waals surface area contributed by atoms with Crippen molar-refractivity contribution < 1.29 is 17.9 Å². The summed E-state index contributed by atoms with van der Waals surface area (Å²) < 4.78 is 36.6. The van der Waals surface area contributed by atoms with Crippen molar-refractivity contribution in [2.75, 3.05) is 35.1 Å². The van der Waals surface area contributed by atoms with E-state index in [9.17, 15) is 18.0 Å². The van der Waals surface area contributed by atoms with E-state index in [4.69, 9.17) is 4.74 Å². The van der Waals surface area contributed by atoms with Crippen LogP contribution in [0.2, 0.25) is 0 Å². The molecule has 1 aliphatic heterocycles. The number of rotatable bonds is 8. The lowest BCUT2D eigenvalue weighted by Crippen LogP contribution is -2.27.